The van der Waals surface area contributed by atoms with Crippen LogP contribution in [-0.4, -0.2) is 25.6 Å². The number of nitrogens with one attached hydrogen (secondary N) is 1. The number of aryl methyl sites for hydroxylation is 1. The highest BCUT2D eigenvalue weighted by atomic mass is 32.1. The van der Waals surface area contributed by atoms with Gasteiger partial charge in [0.2, 0.25) is 0 Å². The third-order valence-electron chi connectivity index (χ3n) is 5.99. The van der Waals surface area contributed by atoms with E-state index in [1.165, 1.54) is 42.6 Å². The summed E-state index contributed by atoms with van der Waals surface area (Å²) in [4.78, 5) is 7.11. The number of nitrogens with zero attached hydrogens (tertiary/aromatic N) is 3. The Kier molecular flexibility index (Phi) is 4.28. The van der Waals surface area contributed by atoms with Crippen molar-refractivity contribution in [1.29, 1.82) is 0 Å². The largest absolute Gasteiger partial charge is 0.352 e. The average molecular weight is 355 g/mol. The summed E-state index contributed by atoms with van der Waals surface area (Å²) >= 11 is 5.79. The first-order valence-corrected chi connectivity index (χ1v) is 9.61. The van der Waals surface area contributed by atoms with Gasteiger partial charge >= 0.3 is 0 Å². The van der Waals surface area contributed by atoms with Crippen LogP contribution in [-0.2, 0) is 7.05 Å². The molecule has 132 valence electrons. The zero-order chi connectivity index (χ0) is 17.6. The third kappa shape index (κ3) is 2.74. The number of aromatic nitrogens is 2. The van der Waals surface area contributed by atoms with E-state index in [2.05, 4.69) is 58.9 Å². The first-order chi connectivity index (χ1) is 12.1. The topological polar surface area (TPSA) is 33.1 Å². The van der Waals surface area contributed by atoms with Crippen LogP contribution in [0.15, 0.2) is 30.5 Å². The van der Waals surface area contributed by atoms with Crippen LogP contribution in [0.3, 0.4) is 0 Å². The van der Waals surface area contributed by atoms with E-state index in [0.717, 1.165) is 10.8 Å². The van der Waals surface area contributed by atoms with Gasteiger partial charge in [-0.2, -0.15) is 0 Å². The summed E-state index contributed by atoms with van der Waals surface area (Å²) in [6.45, 7) is 4.39. The molecule has 1 saturated carbocycles. The second-order valence-corrected chi connectivity index (χ2v) is 7.74. The highest BCUT2D eigenvalue weighted by Gasteiger charge is 2.44. The van der Waals surface area contributed by atoms with Gasteiger partial charge in [0, 0.05) is 30.7 Å². The minimum Gasteiger partial charge on any atom is -0.352 e. The molecule has 1 saturated heterocycles. The maximum atomic E-state index is 5.79. The van der Waals surface area contributed by atoms with E-state index >= 15 is 0 Å². The molecule has 2 atom stereocenters. The molecule has 1 aliphatic heterocycles. The van der Waals surface area contributed by atoms with Crippen LogP contribution < -0.4 is 5.32 Å². The Morgan fingerprint density at radius 3 is 2.56 bits per heavy atom. The molecule has 4 rings (SSSR count). The Morgan fingerprint density at radius 1 is 1.20 bits per heavy atom. The summed E-state index contributed by atoms with van der Waals surface area (Å²) in [6, 6.07) is 9.33. The molecule has 2 fully saturated rings. The summed E-state index contributed by atoms with van der Waals surface area (Å²) in [5.41, 5.74) is 5.04. The lowest BCUT2D eigenvalue weighted by Gasteiger charge is -2.33. The molecule has 4 nitrogen and oxygen atoms in total. The minimum atomic E-state index is 0.106. The standard InChI is InChI=1S/C20H26N4S/c1-13-12-16(14(2)23(13)3)19-18(17-10-6-7-11-21-17)22-20(25)24(19)15-8-4-5-9-15/h6-7,10-12,15,18-19H,4-5,8-9H2,1-3H3,(H,22,25)/t18-,19+/m0/s1. The molecule has 0 unspecified atom stereocenters. The van der Waals surface area contributed by atoms with Crippen LogP contribution in [0.5, 0.6) is 0 Å². The molecule has 2 aromatic rings. The fourth-order valence-electron chi connectivity index (χ4n) is 4.46. The van der Waals surface area contributed by atoms with E-state index in [-0.39, 0.29) is 12.1 Å². The minimum absolute atomic E-state index is 0.106. The molecule has 0 radical (unpaired) electrons. The van der Waals surface area contributed by atoms with Crippen LogP contribution in [0.2, 0.25) is 0 Å². The Balaban J connectivity index is 1.81. The molecule has 3 heterocycles. The second kappa shape index (κ2) is 6.45. The van der Waals surface area contributed by atoms with Gasteiger partial charge in [-0.25, -0.2) is 0 Å². The first kappa shape index (κ1) is 16.6. The van der Waals surface area contributed by atoms with Gasteiger partial charge in [0.15, 0.2) is 5.11 Å². The zero-order valence-corrected chi connectivity index (χ0v) is 16.0. The maximum absolute atomic E-state index is 5.79. The first-order valence-electron chi connectivity index (χ1n) is 9.20. The third-order valence-corrected chi connectivity index (χ3v) is 6.32. The Labute approximate surface area is 155 Å². The lowest BCUT2D eigenvalue weighted by molar-refractivity contribution is 0.245. The average Bonchev–Trinajstić information content (AvgIpc) is 3.31. The molecule has 0 spiro atoms. The lowest BCUT2D eigenvalue weighted by Crippen LogP contribution is -2.37. The van der Waals surface area contributed by atoms with Gasteiger partial charge in [-0.05, 0) is 62.7 Å². The molecule has 1 aliphatic carbocycles. The molecule has 0 amide bonds. The fraction of sp³-hybridized carbons (Fsp3) is 0.500. The van der Waals surface area contributed by atoms with Crippen LogP contribution >= 0.6 is 12.2 Å². The quantitative estimate of drug-likeness (QED) is 0.846. The molecule has 2 aliphatic rings. The van der Waals surface area contributed by atoms with Gasteiger partial charge in [-0.3, -0.25) is 4.98 Å². The van der Waals surface area contributed by atoms with Crippen molar-refractivity contribution in [2.24, 2.45) is 7.05 Å². The van der Waals surface area contributed by atoms with Crippen molar-refractivity contribution >= 4 is 17.3 Å². The molecular weight excluding hydrogens is 328 g/mol. The number of hydrogen-bond acceptors (Lipinski definition) is 2. The highest BCUT2D eigenvalue weighted by Crippen LogP contribution is 2.44. The summed E-state index contributed by atoms with van der Waals surface area (Å²) in [5, 5.41) is 4.47. The van der Waals surface area contributed by atoms with Gasteiger partial charge in [0.25, 0.3) is 0 Å². The van der Waals surface area contributed by atoms with E-state index in [4.69, 9.17) is 12.2 Å². The lowest BCUT2D eigenvalue weighted by atomic mass is 9.95. The number of rotatable bonds is 3. The predicted molar refractivity (Wildman–Crippen MR) is 104 cm³/mol. The molecule has 0 aromatic carbocycles. The van der Waals surface area contributed by atoms with Crippen molar-refractivity contribution in [2.45, 2.75) is 57.7 Å². The van der Waals surface area contributed by atoms with Crippen LogP contribution in [0.25, 0.3) is 0 Å². The van der Waals surface area contributed by atoms with Gasteiger partial charge in [0.1, 0.15) is 0 Å². The highest BCUT2D eigenvalue weighted by molar-refractivity contribution is 7.80. The summed E-state index contributed by atoms with van der Waals surface area (Å²) in [6.07, 6.45) is 6.95. The van der Waals surface area contributed by atoms with E-state index in [0.29, 0.717) is 6.04 Å². The fourth-order valence-corrected chi connectivity index (χ4v) is 4.85. The molecular formula is C20H26N4S. The van der Waals surface area contributed by atoms with Gasteiger partial charge in [-0.15, -0.1) is 0 Å². The maximum Gasteiger partial charge on any atom is 0.170 e. The number of thiocarbonyl (C=S) groups is 1. The van der Waals surface area contributed by atoms with Gasteiger partial charge in [0.05, 0.1) is 17.8 Å². The van der Waals surface area contributed by atoms with Crippen LogP contribution in [0, 0.1) is 13.8 Å². The molecule has 1 N–H and O–H groups in total. The number of hydrogen-bond donors (Lipinski definition) is 1. The monoisotopic (exact) mass is 354 g/mol. The Bertz CT molecular complexity index is 776. The van der Waals surface area contributed by atoms with Gasteiger partial charge < -0.3 is 14.8 Å². The van der Waals surface area contributed by atoms with Crippen molar-refractivity contribution in [1.82, 2.24) is 19.8 Å². The van der Waals surface area contributed by atoms with Crippen molar-refractivity contribution in [2.75, 3.05) is 0 Å². The van der Waals surface area contributed by atoms with Crippen LogP contribution in [0.1, 0.15) is 60.4 Å². The smallest absolute Gasteiger partial charge is 0.170 e. The van der Waals surface area contributed by atoms with Gasteiger partial charge in [-0.1, -0.05) is 18.9 Å². The van der Waals surface area contributed by atoms with Crippen molar-refractivity contribution in [3.63, 3.8) is 0 Å². The zero-order valence-electron chi connectivity index (χ0n) is 15.2. The molecule has 2 aromatic heterocycles. The van der Waals surface area contributed by atoms with Crippen molar-refractivity contribution < 1.29 is 0 Å². The second-order valence-electron chi connectivity index (χ2n) is 7.36. The van der Waals surface area contributed by atoms with Crippen molar-refractivity contribution in [3.05, 3.63) is 53.1 Å². The Hall–Kier alpha value is -1.88. The predicted octanol–water partition coefficient (Wildman–Crippen LogP) is 3.95. The van der Waals surface area contributed by atoms with E-state index in [1.54, 1.807) is 0 Å². The Morgan fingerprint density at radius 2 is 1.96 bits per heavy atom. The molecule has 25 heavy (non-hydrogen) atoms. The van der Waals surface area contributed by atoms with E-state index in [1.807, 2.05) is 12.3 Å². The normalized spacial score (nSPS) is 24.1. The van der Waals surface area contributed by atoms with E-state index in [9.17, 15) is 0 Å². The SMILES string of the molecule is Cc1cc([C@@H]2[C@H](c3ccccn3)NC(=S)N2C2CCCC2)c(C)n1C. The molecule has 0 bridgehead atoms. The summed E-state index contributed by atoms with van der Waals surface area (Å²) < 4.78 is 2.28. The molecule has 5 heteroatoms. The van der Waals surface area contributed by atoms with Crippen molar-refractivity contribution in [3.8, 4) is 0 Å². The van der Waals surface area contributed by atoms with E-state index < -0.39 is 0 Å². The number of pyridine rings is 1. The summed E-state index contributed by atoms with van der Waals surface area (Å²) in [5.74, 6) is 0. The van der Waals surface area contributed by atoms with Crippen LogP contribution in [0.4, 0.5) is 0 Å². The summed E-state index contributed by atoms with van der Waals surface area (Å²) in [7, 11) is 2.14.